The topological polar surface area (TPSA) is 111 Å². The van der Waals surface area contributed by atoms with Crippen LogP contribution in [0.2, 0.25) is 0 Å². The van der Waals surface area contributed by atoms with E-state index in [1.807, 2.05) is 26.0 Å². The van der Waals surface area contributed by atoms with E-state index in [1.165, 1.54) is 32.4 Å². The smallest absolute Gasteiger partial charge is 0.339 e. The second-order valence-corrected chi connectivity index (χ2v) is 6.39. The van der Waals surface area contributed by atoms with Crippen molar-refractivity contribution < 1.29 is 28.7 Å². The first-order valence-electron chi connectivity index (χ1n) is 8.80. The molecule has 0 aliphatic carbocycles. The normalized spacial score (nSPS) is 10.2. The number of hydrogen-bond acceptors (Lipinski definition) is 6. The SMILES string of the molecule is COC(=O)c1ccc(C(=O)OC)c(NC(=O)C(=O)Nc2ccccc2C(C)C)c1. The molecule has 0 spiro atoms. The highest BCUT2D eigenvalue weighted by molar-refractivity contribution is 6.44. The number of carbonyl (C=O) groups is 4. The molecule has 2 aromatic rings. The number of ether oxygens (including phenoxy) is 2. The summed E-state index contributed by atoms with van der Waals surface area (Å²) in [4.78, 5) is 48.5. The number of benzene rings is 2. The largest absolute Gasteiger partial charge is 0.465 e. The van der Waals surface area contributed by atoms with Crippen molar-refractivity contribution in [1.29, 1.82) is 0 Å². The average Bonchev–Trinajstić information content (AvgIpc) is 2.72. The number of esters is 2. The van der Waals surface area contributed by atoms with E-state index in [9.17, 15) is 19.2 Å². The van der Waals surface area contributed by atoms with Crippen LogP contribution in [0.1, 0.15) is 46.0 Å². The third-order valence-electron chi connectivity index (χ3n) is 4.13. The summed E-state index contributed by atoms with van der Waals surface area (Å²) in [7, 11) is 2.38. The minimum absolute atomic E-state index is 0.0103. The Kier molecular flexibility index (Phi) is 7.08. The van der Waals surface area contributed by atoms with Crippen LogP contribution in [-0.4, -0.2) is 38.0 Å². The quantitative estimate of drug-likeness (QED) is 0.592. The zero-order chi connectivity index (χ0) is 21.6. The number of hydrogen-bond donors (Lipinski definition) is 2. The highest BCUT2D eigenvalue weighted by Crippen LogP contribution is 2.24. The molecule has 0 heterocycles. The first-order chi connectivity index (χ1) is 13.8. The van der Waals surface area contributed by atoms with Crippen molar-refractivity contribution in [3.8, 4) is 0 Å². The standard InChI is InChI=1S/C21H22N2O6/c1-12(2)14-7-5-6-8-16(14)22-18(24)19(25)23-17-11-13(20(26)28-3)9-10-15(17)21(27)29-4/h5-12H,1-4H3,(H,22,24)(H,23,25). The third kappa shape index (κ3) is 5.19. The molecular weight excluding hydrogens is 376 g/mol. The van der Waals surface area contributed by atoms with Gasteiger partial charge in [-0.25, -0.2) is 9.59 Å². The van der Waals surface area contributed by atoms with Gasteiger partial charge < -0.3 is 20.1 Å². The lowest BCUT2D eigenvalue weighted by Gasteiger charge is -2.14. The first-order valence-corrected chi connectivity index (χ1v) is 8.80. The Morgan fingerprint density at radius 2 is 1.38 bits per heavy atom. The highest BCUT2D eigenvalue weighted by atomic mass is 16.5. The van der Waals surface area contributed by atoms with Gasteiger partial charge in [0.25, 0.3) is 0 Å². The number of anilines is 2. The van der Waals surface area contributed by atoms with Gasteiger partial charge in [-0.05, 0) is 35.7 Å². The van der Waals surface area contributed by atoms with Crippen LogP contribution in [0, 0.1) is 0 Å². The summed E-state index contributed by atoms with van der Waals surface area (Å²) in [6.45, 7) is 3.93. The summed E-state index contributed by atoms with van der Waals surface area (Å²) in [6, 6.07) is 11.0. The van der Waals surface area contributed by atoms with Crippen molar-refractivity contribution in [2.24, 2.45) is 0 Å². The molecule has 2 amide bonds. The molecule has 0 aliphatic rings. The van der Waals surface area contributed by atoms with Gasteiger partial charge in [0.05, 0.1) is 31.0 Å². The molecule has 8 heteroatoms. The van der Waals surface area contributed by atoms with Gasteiger partial charge in [0.2, 0.25) is 0 Å². The van der Waals surface area contributed by atoms with E-state index < -0.39 is 23.8 Å². The summed E-state index contributed by atoms with van der Waals surface area (Å²) in [5.74, 6) is -3.18. The fourth-order valence-corrected chi connectivity index (χ4v) is 2.65. The highest BCUT2D eigenvalue weighted by Gasteiger charge is 2.21. The van der Waals surface area contributed by atoms with Crippen LogP contribution in [0.15, 0.2) is 42.5 Å². The molecule has 0 aliphatic heterocycles. The van der Waals surface area contributed by atoms with Crippen LogP contribution in [0.4, 0.5) is 11.4 Å². The third-order valence-corrected chi connectivity index (χ3v) is 4.13. The summed E-state index contributed by atoms with van der Waals surface area (Å²) in [6.07, 6.45) is 0. The fourth-order valence-electron chi connectivity index (χ4n) is 2.65. The van der Waals surface area contributed by atoms with Crippen LogP contribution in [0.3, 0.4) is 0 Å². The van der Waals surface area contributed by atoms with E-state index in [0.29, 0.717) is 5.69 Å². The van der Waals surface area contributed by atoms with Gasteiger partial charge in [0.15, 0.2) is 0 Å². The number of amides is 2. The van der Waals surface area contributed by atoms with E-state index >= 15 is 0 Å². The molecule has 0 bridgehead atoms. The number of carbonyl (C=O) groups excluding carboxylic acids is 4. The molecular formula is C21H22N2O6. The lowest BCUT2D eigenvalue weighted by Crippen LogP contribution is -2.30. The molecule has 0 atom stereocenters. The van der Waals surface area contributed by atoms with Crippen molar-refractivity contribution in [1.82, 2.24) is 0 Å². The molecule has 2 rings (SSSR count). The Balaban J connectivity index is 2.28. The predicted molar refractivity (Wildman–Crippen MR) is 107 cm³/mol. The summed E-state index contributed by atoms with van der Waals surface area (Å²) < 4.78 is 9.31. The Morgan fingerprint density at radius 3 is 1.97 bits per heavy atom. The molecule has 0 saturated carbocycles. The summed E-state index contributed by atoms with van der Waals surface area (Å²) >= 11 is 0. The van der Waals surface area contributed by atoms with Crippen LogP contribution < -0.4 is 10.6 Å². The molecule has 0 unspecified atom stereocenters. The van der Waals surface area contributed by atoms with E-state index in [4.69, 9.17) is 0 Å². The van der Waals surface area contributed by atoms with Crippen LogP contribution in [-0.2, 0) is 19.1 Å². The fraction of sp³-hybridized carbons (Fsp3) is 0.238. The second-order valence-electron chi connectivity index (χ2n) is 6.39. The minimum atomic E-state index is -1.00. The molecule has 2 N–H and O–H groups in total. The molecule has 0 fully saturated rings. The summed E-state index contributed by atoms with van der Waals surface area (Å²) in [5.41, 5.74) is 1.43. The Labute approximate surface area is 168 Å². The Morgan fingerprint density at radius 1 is 0.793 bits per heavy atom. The first kappa shape index (κ1) is 21.6. The van der Waals surface area contributed by atoms with Crippen LogP contribution >= 0.6 is 0 Å². The number of methoxy groups -OCH3 is 2. The van der Waals surface area contributed by atoms with E-state index in [0.717, 1.165) is 5.56 Å². The lowest BCUT2D eigenvalue weighted by atomic mass is 10.0. The van der Waals surface area contributed by atoms with Gasteiger partial charge in [-0.15, -0.1) is 0 Å². The van der Waals surface area contributed by atoms with Gasteiger partial charge in [-0.2, -0.15) is 0 Å². The molecule has 8 nitrogen and oxygen atoms in total. The minimum Gasteiger partial charge on any atom is -0.465 e. The maximum absolute atomic E-state index is 12.4. The predicted octanol–water partition coefficient (Wildman–Crippen LogP) is 2.96. The Hall–Kier alpha value is -3.68. The monoisotopic (exact) mass is 398 g/mol. The summed E-state index contributed by atoms with van der Waals surface area (Å²) in [5, 5.41) is 4.92. The van der Waals surface area contributed by atoms with E-state index in [2.05, 4.69) is 20.1 Å². The zero-order valence-electron chi connectivity index (χ0n) is 16.6. The number of para-hydroxylation sites is 1. The van der Waals surface area contributed by atoms with Crippen molar-refractivity contribution in [3.63, 3.8) is 0 Å². The maximum atomic E-state index is 12.4. The zero-order valence-corrected chi connectivity index (χ0v) is 16.6. The molecule has 2 aromatic carbocycles. The van der Waals surface area contributed by atoms with Gasteiger partial charge >= 0.3 is 23.8 Å². The van der Waals surface area contributed by atoms with Gasteiger partial charge in [-0.3, -0.25) is 9.59 Å². The molecule has 152 valence electrons. The average molecular weight is 398 g/mol. The molecule has 0 saturated heterocycles. The van der Waals surface area contributed by atoms with Crippen molar-refractivity contribution in [2.45, 2.75) is 19.8 Å². The van der Waals surface area contributed by atoms with Gasteiger partial charge in [0, 0.05) is 5.69 Å². The van der Waals surface area contributed by atoms with E-state index in [1.54, 1.807) is 12.1 Å². The van der Waals surface area contributed by atoms with Crippen molar-refractivity contribution >= 4 is 35.1 Å². The van der Waals surface area contributed by atoms with Crippen molar-refractivity contribution in [2.75, 3.05) is 24.9 Å². The number of nitrogens with one attached hydrogen (secondary N) is 2. The Bertz CT molecular complexity index is 952. The lowest BCUT2D eigenvalue weighted by molar-refractivity contribution is -0.133. The molecule has 29 heavy (non-hydrogen) atoms. The number of rotatable bonds is 5. The van der Waals surface area contributed by atoms with Crippen LogP contribution in [0.5, 0.6) is 0 Å². The second kappa shape index (κ2) is 9.50. The van der Waals surface area contributed by atoms with Gasteiger partial charge in [0.1, 0.15) is 0 Å². The van der Waals surface area contributed by atoms with Crippen molar-refractivity contribution in [3.05, 3.63) is 59.2 Å². The van der Waals surface area contributed by atoms with E-state index in [-0.39, 0.29) is 22.7 Å². The van der Waals surface area contributed by atoms with Crippen LogP contribution in [0.25, 0.3) is 0 Å². The van der Waals surface area contributed by atoms with Gasteiger partial charge in [-0.1, -0.05) is 32.0 Å². The maximum Gasteiger partial charge on any atom is 0.339 e. The molecule has 0 aromatic heterocycles. The molecule has 0 radical (unpaired) electrons.